The fourth-order valence-electron chi connectivity index (χ4n) is 5.98. The molecule has 0 spiro atoms. The molecule has 0 bridgehead atoms. The van der Waals surface area contributed by atoms with Gasteiger partial charge in [0.25, 0.3) is 11.8 Å². The first-order valence-corrected chi connectivity index (χ1v) is 18.5. The highest BCUT2D eigenvalue weighted by molar-refractivity contribution is 6.04. The molecule has 304 valence electrons. The molecule has 0 aliphatic rings. The molecule has 0 saturated carbocycles. The maximum absolute atomic E-state index is 13.4. The number of Topliss-reactive ketones (excluding diaryl/α,β-unsaturated/α-hetero) is 3. The highest BCUT2D eigenvalue weighted by Gasteiger charge is 2.25. The number of pyridine rings is 1. The van der Waals surface area contributed by atoms with Crippen molar-refractivity contribution >= 4 is 46.7 Å². The lowest BCUT2D eigenvalue weighted by Crippen LogP contribution is -2.44. The summed E-state index contributed by atoms with van der Waals surface area (Å²) in [6.45, 7) is 3.45. The number of carbonyl (C=O) groups excluding carboxylic acids is 6. The van der Waals surface area contributed by atoms with Gasteiger partial charge in [-0.3, -0.25) is 28.8 Å². The van der Waals surface area contributed by atoms with Crippen molar-refractivity contribution in [3.8, 4) is 17.6 Å². The lowest BCUT2D eigenvalue weighted by Gasteiger charge is -2.18. The molecule has 1 atom stereocenters. The molecule has 5 rings (SSSR count). The molecular weight excluding hydrogens is 771 g/mol. The Kier molecular flexibility index (Phi) is 14.0. The second-order valence-electron chi connectivity index (χ2n) is 13.9. The van der Waals surface area contributed by atoms with Gasteiger partial charge in [0.1, 0.15) is 11.8 Å². The van der Waals surface area contributed by atoms with Gasteiger partial charge in [0.15, 0.2) is 28.8 Å². The van der Waals surface area contributed by atoms with Crippen molar-refractivity contribution in [3.05, 3.63) is 153 Å². The molecular formula is C45H39N5O10. The number of carboxylic acid groups (broad SMARTS) is 1. The third-order valence-electron chi connectivity index (χ3n) is 9.07. The van der Waals surface area contributed by atoms with Crippen LogP contribution in [0.15, 0.2) is 103 Å². The number of aromatic carboxylic acids is 1. The zero-order valence-corrected chi connectivity index (χ0v) is 32.4. The van der Waals surface area contributed by atoms with Crippen LogP contribution in [0.2, 0.25) is 0 Å². The van der Waals surface area contributed by atoms with E-state index in [0.717, 1.165) is 0 Å². The number of amides is 3. The summed E-state index contributed by atoms with van der Waals surface area (Å²) in [5.41, 5.74) is 7.94. The number of aromatic nitrogens is 1. The highest BCUT2D eigenvalue weighted by atomic mass is 16.5. The number of hydrogen-bond donors (Lipinski definition) is 5. The number of hydrogen-bond acceptors (Lipinski definition) is 11. The number of anilines is 1. The van der Waals surface area contributed by atoms with Gasteiger partial charge in [-0.2, -0.15) is 5.26 Å². The molecule has 6 N–H and O–H groups in total. The van der Waals surface area contributed by atoms with E-state index in [2.05, 4.69) is 15.6 Å². The second kappa shape index (κ2) is 19.4. The van der Waals surface area contributed by atoms with Crippen LogP contribution < -0.4 is 21.1 Å². The molecule has 0 radical (unpaired) electrons. The van der Waals surface area contributed by atoms with E-state index in [1.54, 1.807) is 26.0 Å². The summed E-state index contributed by atoms with van der Waals surface area (Å²) in [7, 11) is 0. The van der Waals surface area contributed by atoms with Crippen LogP contribution in [0.3, 0.4) is 0 Å². The van der Waals surface area contributed by atoms with Crippen molar-refractivity contribution in [1.29, 1.82) is 5.26 Å². The second-order valence-corrected chi connectivity index (χ2v) is 13.9. The quantitative estimate of drug-likeness (QED) is 0.0731. The Morgan fingerprint density at radius 1 is 0.750 bits per heavy atom. The van der Waals surface area contributed by atoms with E-state index >= 15 is 0 Å². The maximum Gasteiger partial charge on any atom is 0.335 e. The number of phenolic OH excluding ortho intramolecular Hbond substituents is 1. The predicted molar refractivity (Wildman–Crippen MR) is 217 cm³/mol. The number of ketones is 3. The van der Waals surface area contributed by atoms with E-state index in [4.69, 9.17) is 20.8 Å². The van der Waals surface area contributed by atoms with Crippen LogP contribution in [0.25, 0.3) is 0 Å². The molecule has 15 nitrogen and oxygen atoms in total. The van der Waals surface area contributed by atoms with Crippen LogP contribution in [-0.2, 0) is 28.9 Å². The number of phenols is 1. The number of carboxylic acids is 1. The van der Waals surface area contributed by atoms with Crippen LogP contribution in [0.1, 0.15) is 94.4 Å². The fraction of sp³-hybridized carbons (Fsp3) is 0.178. The van der Waals surface area contributed by atoms with Crippen LogP contribution in [-0.4, -0.2) is 68.4 Å². The molecule has 1 aromatic heterocycles. The molecule has 1 heterocycles. The normalized spacial score (nSPS) is 11.2. The van der Waals surface area contributed by atoms with Crippen molar-refractivity contribution in [2.24, 2.45) is 5.73 Å². The van der Waals surface area contributed by atoms with E-state index in [1.807, 2.05) is 6.07 Å². The molecule has 15 heteroatoms. The first kappa shape index (κ1) is 43.1. The number of aromatic hydroxyl groups is 1. The number of primary amides is 1. The minimum Gasteiger partial charge on any atom is -0.504 e. The Bertz CT molecular complexity index is 2490. The Hall–Kier alpha value is -7.99. The number of carbonyl (C=O) groups is 7. The molecule has 0 saturated heterocycles. The summed E-state index contributed by atoms with van der Waals surface area (Å²) in [6.07, 6.45) is -0.144. The van der Waals surface area contributed by atoms with E-state index in [9.17, 15) is 38.7 Å². The standard InChI is InChI=1S/C45H39N5O10/c1-25(2)60-42-32(14-17-34(41(42)55)38(52)19-26-5-10-31(11-6-26)45(58)59)21-37(51)29-8-3-27(4-9-29)20-39(53)36(22-40(47)54)50-43(56)30-12-15-33(16-13-30)49-44(57)35-18-7-28(23-46)24-48-35/h3-18,24-25,36,55H,19-22H2,1-2H3,(H2,47,54)(H,49,57)(H,50,56)(H,58,59)/t36-/m0/s1. The SMILES string of the molecule is CC(C)Oc1c(CC(=O)c2ccc(CC(=O)[C@H](CC(N)=O)NC(=O)c3ccc(NC(=O)c4ccc(C#N)cn4)cc3)cc2)ccc(C(=O)Cc2ccc(C(=O)O)cc2)c1O. The molecule has 0 aliphatic carbocycles. The lowest BCUT2D eigenvalue weighted by molar-refractivity contribution is -0.125. The minimum atomic E-state index is -1.27. The monoisotopic (exact) mass is 809 g/mol. The van der Waals surface area contributed by atoms with Gasteiger partial charge >= 0.3 is 5.97 Å². The largest absolute Gasteiger partial charge is 0.504 e. The molecule has 4 aromatic carbocycles. The Morgan fingerprint density at radius 3 is 1.93 bits per heavy atom. The van der Waals surface area contributed by atoms with Crippen molar-refractivity contribution < 1.29 is 48.5 Å². The van der Waals surface area contributed by atoms with Crippen molar-refractivity contribution in [1.82, 2.24) is 10.3 Å². The summed E-state index contributed by atoms with van der Waals surface area (Å²) in [6, 6.07) is 24.1. The van der Waals surface area contributed by atoms with Crippen LogP contribution in [0.5, 0.6) is 11.5 Å². The number of nitrogens with zero attached hydrogens (tertiary/aromatic N) is 2. The lowest BCUT2D eigenvalue weighted by atomic mass is 9.95. The fourth-order valence-corrected chi connectivity index (χ4v) is 5.98. The highest BCUT2D eigenvalue weighted by Crippen LogP contribution is 2.36. The third-order valence-corrected chi connectivity index (χ3v) is 9.07. The van der Waals surface area contributed by atoms with Crippen LogP contribution in [0.4, 0.5) is 5.69 Å². The Labute approximate surface area is 343 Å². The van der Waals surface area contributed by atoms with Gasteiger partial charge in [0, 0.05) is 47.8 Å². The zero-order valence-electron chi connectivity index (χ0n) is 32.4. The van der Waals surface area contributed by atoms with E-state index in [1.165, 1.54) is 91.1 Å². The third kappa shape index (κ3) is 11.3. The molecule has 0 fully saturated rings. The van der Waals surface area contributed by atoms with Gasteiger partial charge in [-0.15, -0.1) is 0 Å². The number of benzene rings is 4. The predicted octanol–water partition coefficient (Wildman–Crippen LogP) is 5.03. The molecule has 5 aromatic rings. The topological polar surface area (TPSA) is 256 Å². The van der Waals surface area contributed by atoms with Crippen molar-refractivity contribution in [3.63, 3.8) is 0 Å². The Morgan fingerprint density at radius 2 is 1.37 bits per heavy atom. The van der Waals surface area contributed by atoms with Gasteiger partial charge in [-0.05, 0) is 79.6 Å². The van der Waals surface area contributed by atoms with Crippen LogP contribution >= 0.6 is 0 Å². The Balaban J connectivity index is 1.21. The van der Waals surface area contributed by atoms with Gasteiger partial charge < -0.3 is 31.3 Å². The molecule has 60 heavy (non-hydrogen) atoms. The van der Waals surface area contributed by atoms with Crippen molar-refractivity contribution in [2.45, 2.75) is 51.7 Å². The molecule has 0 aliphatic heterocycles. The smallest absolute Gasteiger partial charge is 0.335 e. The summed E-state index contributed by atoms with van der Waals surface area (Å²) in [5, 5.41) is 34.4. The van der Waals surface area contributed by atoms with Crippen LogP contribution in [0, 0.1) is 11.3 Å². The zero-order chi connectivity index (χ0) is 43.5. The molecule has 0 unspecified atom stereocenters. The van der Waals surface area contributed by atoms with Crippen molar-refractivity contribution in [2.75, 3.05) is 5.32 Å². The average Bonchev–Trinajstić information content (AvgIpc) is 3.22. The van der Waals surface area contributed by atoms with Gasteiger partial charge in [-0.25, -0.2) is 9.78 Å². The number of nitrogens with two attached hydrogens (primary N) is 1. The first-order chi connectivity index (χ1) is 28.6. The summed E-state index contributed by atoms with van der Waals surface area (Å²) in [5.74, 6) is -4.87. The average molecular weight is 810 g/mol. The van der Waals surface area contributed by atoms with Gasteiger partial charge in [0.2, 0.25) is 5.91 Å². The maximum atomic E-state index is 13.4. The van der Waals surface area contributed by atoms with Gasteiger partial charge in [-0.1, -0.05) is 42.5 Å². The summed E-state index contributed by atoms with van der Waals surface area (Å²) >= 11 is 0. The number of nitrogens with one attached hydrogen (secondary N) is 2. The molecule has 3 amide bonds. The van der Waals surface area contributed by atoms with Gasteiger partial charge in [0.05, 0.1) is 35.3 Å². The number of ether oxygens (including phenoxy) is 1. The summed E-state index contributed by atoms with van der Waals surface area (Å²) in [4.78, 5) is 92.6. The van der Waals surface area contributed by atoms with E-state index in [0.29, 0.717) is 27.9 Å². The van der Waals surface area contributed by atoms with E-state index in [-0.39, 0.29) is 58.7 Å². The minimum absolute atomic E-state index is 0.0184. The number of nitriles is 1. The summed E-state index contributed by atoms with van der Waals surface area (Å²) < 4.78 is 5.86. The van der Waals surface area contributed by atoms with E-state index < -0.39 is 59.6 Å². The number of rotatable bonds is 18. The first-order valence-electron chi connectivity index (χ1n) is 18.5.